The van der Waals surface area contributed by atoms with Crippen LogP contribution in [0.1, 0.15) is 40.5 Å². The van der Waals surface area contributed by atoms with E-state index in [4.69, 9.17) is 0 Å². The molecule has 0 spiro atoms. The molecule has 10 unspecified atom stereocenters. The van der Waals surface area contributed by atoms with Crippen LogP contribution in [0.15, 0.2) is 0 Å². The van der Waals surface area contributed by atoms with Gasteiger partial charge in [0.2, 0.25) is 0 Å². The third kappa shape index (κ3) is 0.875. The summed E-state index contributed by atoms with van der Waals surface area (Å²) in [5.74, 6) is 10.9. The second-order valence-electron chi connectivity index (χ2n) is 7.75. The summed E-state index contributed by atoms with van der Waals surface area (Å²) < 4.78 is 0. The predicted molar refractivity (Wildman–Crippen MR) is 66.8 cm³/mol. The Balaban J connectivity index is 1.79. The van der Waals surface area contributed by atoms with Gasteiger partial charge < -0.3 is 0 Å². The zero-order valence-electron chi connectivity index (χ0n) is 11.2. The maximum Gasteiger partial charge on any atom is -0.0315 e. The van der Waals surface area contributed by atoms with Gasteiger partial charge in [0.05, 0.1) is 0 Å². The fourth-order valence-corrected chi connectivity index (χ4v) is 7.05. The summed E-state index contributed by atoms with van der Waals surface area (Å²) in [6.45, 7) is 10.2. The molecule has 0 aromatic heterocycles. The van der Waals surface area contributed by atoms with Crippen LogP contribution in [0.4, 0.5) is 0 Å². The Morgan fingerprint density at radius 1 is 0.562 bits per heavy atom. The molecule has 16 heavy (non-hydrogen) atoms. The highest BCUT2D eigenvalue weighted by Gasteiger charge is 2.67. The lowest BCUT2D eigenvalue weighted by Crippen LogP contribution is -2.20. The van der Waals surface area contributed by atoms with Gasteiger partial charge in [0.1, 0.15) is 0 Å². The van der Waals surface area contributed by atoms with E-state index in [1.807, 2.05) is 0 Å². The highest BCUT2D eigenvalue weighted by Crippen LogP contribution is 2.72. The van der Waals surface area contributed by atoms with E-state index in [-0.39, 0.29) is 0 Å². The van der Waals surface area contributed by atoms with Crippen molar-refractivity contribution >= 4 is 0 Å². The van der Waals surface area contributed by atoms with Crippen molar-refractivity contribution < 1.29 is 0 Å². The van der Waals surface area contributed by atoms with Crippen LogP contribution in [0.25, 0.3) is 0 Å². The second-order valence-corrected chi connectivity index (χ2v) is 7.75. The zero-order valence-corrected chi connectivity index (χ0v) is 11.2. The first-order valence-corrected chi connectivity index (χ1v) is 7.61. The minimum Gasteiger partial charge on any atom is -0.0622 e. The standard InChI is InChI=1S/C16H26/c1-7-5-12-10(4)14-9(3)8(2)13-6-11(7)15(12)16(13)14/h7-16H,5-6H2,1-4H3. The summed E-state index contributed by atoms with van der Waals surface area (Å²) >= 11 is 0. The molecule has 0 N–H and O–H groups in total. The largest absolute Gasteiger partial charge is 0.0622 e. The average molecular weight is 218 g/mol. The van der Waals surface area contributed by atoms with Gasteiger partial charge in [-0.05, 0) is 72.0 Å². The Hall–Kier alpha value is 0. The minimum absolute atomic E-state index is 1.02. The first kappa shape index (κ1) is 9.97. The number of hydrogen-bond donors (Lipinski definition) is 0. The molecular formula is C16H26. The monoisotopic (exact) mass is 218 g/mol. The Bertz CT molecular complexity index is 320. The molecule has 0 aromatic carbocycles. The summed E-state index contributed by atoms with van der Waals surface area (Å²) in [6, 6.07) is 0. The van der Waals surface area contributed by atoms with Crippen LogP contribution in [0, 0.1) is 59.2 Å². The van der Waals surface area contributed by atoms with E-state index in [9.17, 15) is 0 Å². The van der Waals surface area contributed by atoms with E-state index in [1.165, 1.54) is 0 Å². The van der Waals surface area contributed by atoms with Gasteiger partial charge in [0, 0.05) is 0 Å². The van der Waals surface area contributed by atoms with E-state index < -0.39 is 0 Å². The highest BCUT2D eigenvalue weighted by atomic mass is 14.7. The molecule has 0 amide bonds. The lowest BCUT2D eigenvalue weighted by molar-refractivity contribution is 0.223. The number of hydrogen-bond acceptors (Lipinski definition) is 0. The zero-order chi connectivity index (χ0) is 11.2. The molecule has 4 fully saturated rings. The van der Waals surface area contributed by atoms with Gasteiger partial charge in [0.15, 0.2) is 0 Å². The fraction of sp³-hybridized carbons (Fsp3) is 1.00. The highest BCUT2D eigenvalue weighted by molar-refractivity contribution is 5.15. The number of rotatable bonds is 0. The van der Waals surface area contributed by atoms with Crippen LogP contribution < -0.4 is 0 Å². The van der Waals surface area contributed by atoms with Crippen LogP contribution in [-0.4, -0.2) is 0 Å². The first-order chi connectivity index (χ1) is 7.61. The van der Waals surface area contributed by atoms with E-state index in [1.54, 1.807) is 12.8 Å². The van der Waals surface area contributed by atoms with E-state index in [0.717, 1.165) is 59.2 Å². The van der Waals surface area contributed by atoms with Crippen LogP contribution in [0.5, 0.6) is 0 Å². The van der Waals surface area contributed by atoms with Crippen molar-refractivity contribution in [1.29, 1.82) is 0 Å². The fourth-order valence-electron chi connectivity index (χ4n) is 7.05. The van der Waals surface area contributed by atoms with Crippen molar-refractivity contribution in [2.75, 3.05) is 0 Å². The topological polar surface area (TPSA) is 0 Å². The third-order valence-electron chi connectivity index (χ3n) is 7.69. The predicted octanol–water partition coefficient (Wildman–Crippen LogP) is 4.06. The van der Waals surface area contributed by atoms with Crippen molar-refractivity contribution in [2.45, 2.75) is 40.5 Å². The molecule has 90 valence electrons. The Labute approximate surface area is 100 Å². The van der Waals surface area contributed by atoms with Gasteiger partial charge in [-0.1, -0.05) is 27.7 Å². The lowest BCUT2D eigenvalue weighted by atomic mass is 9.79. The Morgan fingerprint density at radius 2 is 1.25 bits per heavy atom. The van der Waals surface area contributed by atoms with Crippen molar-refractivity contribution in [3.8, 4) is 0 Å². The van der Waals surface area contributed by atoms with E-state index in [0.29, 0.717) is 0 Å². The van der Waals surface area contributed by atoms with E-state index in [2.05, 4.69) is 27.7 Å². The first-order valence-electron chi connectivity index (χ1n) is 7.61. The minimum atomic E-state index is 1.02. The van der Waals surface area contributed by atoms with Crippen LogP contribution in [-0.2, 0) is 0 Å². The lowest BCUT2D eigenvalue weighted by Gasteiger charge is -2.26. The molecule has 0 radical (unpaired) electrons. The van der Waals surface area contributed by atoms with Gasteiger partial charge in [-0.2, -0.15) is 0 Å². The van der Waals surface area contributed by atoms with Crippen LogP contribution in [0.2, 0.25) is 0 Å². The molecule has 4 rings (SSSR count). The van der Waals surface area contributed by atoms with Gasteiger partial charge in [0.25, 0.3) is 0 Å². The van der Waals surface area contributed by atoms with Gasteiger partial charge in [-0.15, -0.1) is 0 Å². The van der Waals surface area contributed by atoms with Crippen molar-refractivity contribution in [2.24, 2.45) is 59.2 Å². The molecule has 0 aliphatic heterocycles. The van der Waals surface area contributed by atoms with Crippen molar-refractivity contribution in [3.05, 3.63) is 0 Å². The maximum absolute atomic E-state index is 2.59. The van der Waals surface area contributed by atoms with E-state index >= 15 is 0 Å². The Kier molecular flexibility index (Phi) is 1.79. The van der Waals surface area contributed by atoms with Crippen molar-refractivity contribution in [1.82, 2.24) is 0 Å². The molecule has 4 aliphatic carbocycles. The van der Waals surface area contributed by atoms with Gasteiger partial charge in [-0.3, -0.25) is 0 Å². The third-order valence-corrected chi connectivity index (χ3v) is 7.69. The molecular weight excluding hydrogens is 192 g/mol. The summed E-state index contributed by atoms with van der Waals surface area (Å²) in [5.41, 5.74) is 0. The maximum atomic E-state index is 2.59. The smallest absolute Gasteiger partial charge is 0.0315 e. The molecule has 4 saturated carbocycles. The van der Waals surface area contributed by atoms with Gasteiger partial charge in [-0.25, -0.2) is 0 Å². The SMILES string of the molecule is CC1CC2C(C)C3C(C)C(C)C4CC1C2C43. The summed E-state index contributed by atoms with van der Waals surface area (Å²) in [4.78, 5) is 0. The molecule has 0 aromatic rings. The Morgan fingerprint density at radius 3 is 2.00 bits per heavy atom. The van der Waals surface area contributed by atoms with Gasteiger partial charge >= 0.3 is 0 Å². The average Bonchev–Trinajstić information content (AvgIpc) is 2.88. The quantitative estimate of drug-likeness (QED) is 0.575. The van der Waals surface area contributed by atoms with Crippen LogP contribution in [0.3, 0.4) is 0 Å². The summed E-state index contributed by atoms with van der Waals surface area (Å²) in [7, 11) is 0. The molecule has 0 nitrogen and oxygen atoms in total. The molecule has 4 aliphatic rings. The molecule has 0 heteroatoms. The van der Waals surface area contributed by atoms with Crippen LogP contribution >= 0.6 is 0 Å². The molecule has 0 saturated heterocycles. The molecule has 10 atom stereocenters. The molecule has 0 bridgehead atoms. The second kappa shape index (κ2) is 2.87. The molecule has 0 heterocycles. The van der Waals surface area contributed by atoms with Crippen molar-refractivity contribution in [3.63, 3.8) is 0 Å². The normalized spacial score (nSPS) is 71.2. The summed E-state index contributed by atoms with van der Waals surface area (Å²) in [6.07, 6.45) is 3.17. The summed E-state index contributed by atoms with van der Waals surface area (Å²) in [5, 5.41) is 0.